The van der Waals surface area contributed by atoms with Gasteiger partial charge in [0.15, 0.2) is 5.78 Å². The number of benzene rings is 1. The minimum Gasteiger partial charge on any atom is -0.298 e. The van der Waals surface area contributed by atoms with Crippen LogP contribution in [0.3, 0.4) is 0 Å². The summed E-state index contributed by atoms with van der Waals surface area (Å²) in [6, 6.07) is 6.35. The molecular formula is C12H14ClNO3S. The Morgan fingerprint density at radius 3 is 2.44 bits per heavy atom. The molecule has 1 saturated carbocycles. The van der Waals surface area contributed by atoms with Gasteiger partial charge in [-0.3, -0.25) is 9.52 Å². The van der Waals surface area contributed by atoms with Crippen LogP contribution in [0.15, 0.2) is 24.3 Å². The number of Topliss-reactive ketones (excluding diaryl/α,β-unsaturated/α-hetero) is 1. The van der Waals surface area contributed by atoms with Crippen molar-refractivity contribution >= 4 is 33.1 Å². The van der Waals surface area contributed by atoms with Gasteiger partial charge in [0.05, 0.1) is 0 Å². The third-order valence-corrected chi connectivity index (χ3v) is 5.00. The van der Waals surface area contributed by atoms with Gasteiger partial charge in [0.25, 0.3) is 0 Å². The Kier molecular flexibility index (Phi) is 3.92. The van der Waals surface area contributed by atoms with E-state index in [0.717, 1.165) is 12.8 Å². The van der Waals surface area contributed by atoms with Crippen LogP contribution >= 0.6 is 11.6 Å². The number of nitrogens with one attached hydrogen (secondary N) is 1. The quantitative estimate of drug-likeness (QED) is 0.929. The van der Waals surface area contributed by atoms with Crippen LogP contribution in [0.4, 0.5) is 5.69 Å². The van der Waals surface area contributed by atoms with Crippen molar-refractivity contribution < 1.29 is 13.2 Å². The van der Waals surface area contributed by atoms with Crippen molar-refractivity contribution in [1.82, 2.24) is 0 Å². The second-order valence-electron chi connectivity index (χ2n) is 4.35. The molecule has 0 radical (unpaired) electrons. The maximum Gasteiger partial charge on any atom is 0.242 e. The Morgan fingerprint density at radius 2 is 1.83 bits per heavy atom. The highest BCUT2D eigenvalue weighted by Crippen LogP contribution is 2.23. The number of rotatable bonds is 3. The smallest absolute Gasteiger partial charge is 0.242 e. The summed E-state index contributed by atoms with van der Waals surface area (Å²) in [4.78, 5) is 11.6. The lowest BCUT2D eigenvalue weighted by Crippen LogP contribution is -2.36. The number of hydrogen-bond donors (Lipinski definition) is 1. The third-order valence-electron chi connectivity index (χ3n) is 2.98. The van der Waals surface area contributed by atoms with Crippen LogP contribution in [0, 0.1) is 0 Å². The molecule has 6 heteroatoms. The van der Waals surface area contributed by atoms with Crippen molar-refractivity contribution in [3.63, 3.8) is 0 Å². The van der Waals surface area contributed by atoms with E-state index in [0.29, 0.717) is 23.6 Å². The summed E-state index contributed by atoms with van der Waals surface area (Å²) < 4.78 is 26.6. The van der Waals surface area contributed by atoms with Gasteiger partial charge in [-0.05, 0) is 37.1 Å². The Labute approximate surface area is 111 Å². The average Bonchev–Trinajstić information content (AvgIpc) is 2.32. The molecule has 1 unspecified atom stereocenters. The van der Waals surface area contributed by atoms with Gasteiger partial charge in [0, 0.05) is 17.1 Å². The molecule has 0 spiro atoms. The van der Waals surface area contributed by atoms with E-state index in [-0.39, 0.29) is 5.78 Å². The second kappa shape index (κ2) is 5.28. The molecule has 2 rings (SSSR count). The Morgan fingerprint density at radius 1 is 1.17 bits per heavy atom. The second-order valence-corrected chi connectivity index (χ2v) is 6.65. The summed E-state index contributed by atoms with van der Waals surface area (Å²) in [6.45, 7) is 0. The van der Waals surface area contributed by atoms with Gasteiger partial charge in [-0.1, -0.05) is 18.0 Å². The molecule has 98 valence electrons. The number of sulfonamides is 1. The fourth-order valence-electron chi connectivity index (χ4n) is 2.03. The lowest BCUT2D eigenvalue weighted by Gasteiger charge is -2.21. The number of carbonyl (C=O) groups excluding carboxylic acids is 1. The molecule has 1 aliphatic carbocycles. The zero-order valence-corrected chi connectivity index (χ0v) is 11.3. The van der Waals surface area contributed by atoms with Crippen molar-refractivity contribution in [3.05, 3.63) is 29.3 Å². The maximum absolute atomic E-state index is 12.1. The van der Waals surface area contributed by atoms with Crippen LogP contribution < -0.4 is 4.72 Å². The van der Waals surface area contributed by atoms with Crippen molar-refractivity contribution in [3.8, 4) is 0 Å². The molecule has 1 atom stereocenters. The monoisotopic (exact) mass is 287 g/mol. The van der Waals surface area contributed by atoms with E-state index in [4.69, 9.17) is 11.6 Å². The molecule has 1 aliphatic rings. The zero-order chi connectivity index (χ0) is 13.2. The third kappa shape index (κ3) is 3.03. The molecule has 0 amide bonds. The first-order valence-electron chi connectivity index (χ1n) is 5.79. The number of hydrogen-bond acceptors (Lipinski definition) is 3. The molecule has 4 nitrogen and oxygen atoms in total. The van der Waals surface area contributed by atoms with Crippen LogP contribution in [0.1, 0.15) is 25.7 Å². The van der Waals surface area contributed by atoms with Crippen molar-refractivity contribution in [2.45, 2.75) is 30.9 Å². The predicted octanol–water partition coefficient (Wildman–Crippen LogP) is 2.59. The lowest BCUT2D eigenvalue weighted by molar-refractivity contribution is -0.119. The summed E-state index contributed by atoms with van der Waals surface area (Å²) in [5.74, 6) is -0.192. The molecule has 1 aromatic carbocycles. The van der Waals surface area contributed by atoms with Gasteiger partial charge in [0.2, 0.25) is 10.0 Å². The molecule has 0 bridgehead atoms. The first-order chi connectivity index (χ1) is 8.49. The summed E-state index contributed by atoms with van der Waals surface area (Å²) >= 11 is 5.72. The molecule has 0 heterocycles. The fraction of sp³-hybridized carbons (Fsp3) is 0.417. The number of ketones is 1. The van der Waals surface area contributed by atoms with Crippen molar-refractivity contribution in [2.75, 3.05) is 4.72 Å². The first kappa shape index (κ1) is 13.4. The van der Waals surface area contributed by atoms with E-state index in [2.05, 4.69) is 4.72 Å². The van der Waals surface area contributed by atoms with Gasteiger partial charge in [-0.25, -0.2) is 8.42 Å². The molecule has 18 heavy (non-hydrogen) atoms. The van der Waals surface area contributed by atoms with Gasteiger partial charge >= 0.3 is 0 Å². The van der Waals surface area contributed by atoms with E-state index >= 15 is 0 Å². The number of carbonyl (C=O) groups is 1. The Balaban J connectivity index is 2.16. The molecule has 0 aromatic heterocycles. The molecule has 1 fully saturated rings. The summed E-state index contributed by atoms with van der Waals surface area (Å²) in [7, 11) is -3.64. The molecule has 0 saturated heterocycles. The van der Waals surface area contributed by atoms with Crippen LogP contribution in [-0.4, -0.2) is 19.5 Å². The largest absolute Gasteiger partial charge is 0.298 e. The van der Waals surface area contributed by atoms with E-state index in [1.54, 1.807) is 24.3 Å². The SMILES string of the molecule is O=C1CCCCC1S(=O)(=O)Nc1ccc(Cl)cc1. The van der Waals surface area contributed by atoms with Gasteiger partial charge in [0.1, 0.15) is 5.25 Å². The topological polar surface area (TPSA) is 63.2 Å². The predicted molar refractivity (Wildman–Crippen MR) is 71.3 cm³/mol. The van der Waals surface area contributed by atoms with Crippen LogP contribution in [0.25, 0.3) is 0 Å². The molecule has 1 aromatic rings. The fourth-order valence-corrected chi connectivity index (χ4v) is 3.71. The highest BCUT2D eigenvalue weighted by atomic mass is 35.5. The van der Waals surface area contributed by atoms with Crippen LogP contribution in [0.2, 0.25) is 5.02 Å². The van der Waals surface area contributed by atoms with Crippen molar-refractivity contribution in [1.29, 1.82) is 0 Å². The highest BCUT2D eigenvalue weighted by Gasteiger charge is 2.34. The molecule has 1 N–H and O–H groups in total. The Hall–Kier alpha value is -1.07. The van der Waals surface area contributed by atoms with Crippen LogP contribution in [0.5, 0.6) is 0 Å². The van der Waals surface area contributed by atoms with Gasteiger partial charge < -0.3 is 0 Å². The zero-order valence-electron chi connectivity index (χ0n) is 9.73. The summed E-state index contributed by atoms with van der Waals surface area (Å²) in [5.41, 5.74) is 0.428. The van der Waals surface area contributed by atoms with E-state index in [1.165, 1.54) is 0 Å². The summed E-state index contributed by atoms with van der Waals surface area (Å²) in [5, 5.41) is -0.381. The maximum atomic E-state index is 12.1. The summed E-state index contributed by atoms with van der Waals surface area (Å²) in [6.07, 6.45) is 2.32. The standard InChI is InChI=1S/C12H14ClNO3S/c13-9-5-7-10(8-6-9)14-18(16,17)12-4-2-1-3-11(12)15/h5-8,12,14H,1-4H2. The van der Waals surface area contributed by atoms with E-state index in [9.17, 15) is 13.2 Å². The number of halogens is 1. The molecule has 0 aliphatic heterocycles. The normalized spacial score (nSPS) is 20.7. The van der Waals surface area contributed by atoms with E-state index < -0.39 is 15.3 Å². The van der Waals surface area contributed by atoms with Gasteiger partial charge in [-0.15, -0.1) is 0 Å². The van der Waals surface area contributed by atoms with Crippen LogP contribution in [-0.2, 0) is 14.8 Å². The minimum atomic E-state index is -3.64. The average molecular weight is 288 g/mol. The highest BCUT2D eigenvalue weighted by molar-refractivity contribution is 7.94. The van der Waals surface area contributed by atoms with Crippen molar-refractivity contribution in [2.24, 2.45) is 0 Å². The van der Waals surface area contributed by atoms with E-state index in [1.807, 2.05) is 0 Å². The minimum absolute atomic E-state index is 0.192. The lowest BCUT2D eigenvalue weighted by atomic mass is 9.99. The number of anilines is 1. The van der Waals surface area contributed by atoms with Gasteiger partial charge in [-0.2, -0.15) is 0 Å². The Bertz CT molecular complexity index is 539. The molecular weight excluding hydrogens is 274 g/mol. The first-order valence-corrected chi connectivity index (χ1v) is 7.71.